The number of hydrogen-bond donors (Lipinski definition) is 2. The normalized spacial score (nSPS) is 11.4. The van der Waals surface area contributed by atoms with E-state index in [0.29, 0.717) is 24.5 Å². The van der Waals surface area contributed by atoms with Gasteiger partial charge in [-0.25, -0.2) is 0 Å². The molecule has 0 saturated heterocycles. The first-order valence-corrected chi connectivity index (χ1v) is 8.44. The zero-order valence-corrected chi connectivity index (χ0v) is 14.7. The topological polar surface area (TPSA) is 84.9 Å². The van der Waals surface area contributed by atoms with Crippen LogP contribution in [0.2, 0.25) is 0 Å². The zero-order valence-electron chi connectivity index (χ0n) is 14.7. The third-order valence-corrected chi connectivity index (χ3v) is 3.64. The monoisotopic (exact) mass is 357 g/mol. The number of aliphatic carboxylic acids is 1. The summed E-state index contributed by atoms with van der Waals surface area (Å²) in [6.45, 7) is 2.00. The Labute approximate surface area is 152 Å². The first-order chi connectivity index (χ1) is 12.5. The van der Waals surface area contributed by atoms with Crippen LogP contribution in [-0.2, 0) is 16.2 Å². The fourth-order valence-electron chi connectivity index (χ4n) is 2.30. The number of carboxylic acid groups (broad SMARTS) is 1. The van der Waals surface area contributed by atoms with E-state index in [1.165, 1.54) is 0 Å². The highest BCUT2D eigenvalue weighted by Gasteiger charge is 2.11. The van der Waals surface area contributed by atoms with Crippen molar-refractivity contribution in [1.82, 2.24) is 5.32 Å². The summed E-state index contributed by atoms with van der Waals surface area (Å²) in [6, 6.07) is 16.7. The van der Waals surface area contributed by atoms with Crippen molar-refractivity contribution >= 4 is 11.9 Å². The predicted octanol–water partition coefficient (Wildman–Crippen LogP) is 3.01. The summed E-state index contributed by atoms with van der Waals surface area (Å²) < 4.78 is 11.3. The molecule has 2 rings (SSSR count). The van der Waals surface area contributed by atoms with Gasteiger partial charge >= 0.3 is 5.97 Å². The third kappa shape index (κ3) is 6.84. The summed E-state index contributed by atoms with van der Waals surface area (Å²) in [5.74, 6) is -0.146. The van der Waals surface area contributed by atoms with Crippen LogP contribution >= 0.6 is 0 Å². The molecule has 2 aromatic carbocycles. The lowest BCUT2D eigenvalue weighted by molar-refractivity contribution is -0.137. The lowest BCUT2D eigenvalue weighted by Gasteiger charge is -2.15. The van der Waals surface area contributed by atoms with Crippen LogP contribution in [0.4, 0.5) is 0 Å². The van der Waals surface area contributed by atoms with Crippen molar-refractivity contribution in [2.45, 2.75) is 32.4 Å². The highest BCUT2D eigenvalue weighted by molar-refractivity contribution is 5.78. The lowest BCUT2D eigenvalue weighted by atomic mass is 10.2. The molecule has 0 radical (unpaired) electrons. The van der Waals surface area contributed by atoms with Crippen LogP contribution in [0, 0.1) is 0 Å². The maximum Gasteiger partial charge on any atom is 0.303 e. The third-order valence-electron chi connectivity index (χ3n) is 3.64. The summed E-state index contributed by atoms with van der Waals surface area (Å²) in [7, 11) is 0. The van der Waals surface area contributed by atoms with Crippen molar-refractivity contribution in [3.63, 3.8) is 0 Å². The van der Waals surface area contributed by atoms with E-state index < -0.39 is 5.97 Å². The SMILES string of the molecule is CC(CCC(=O)O)NC(=O)COc1ccccc1OCc1ccccc1. The summed E-state index contributed by atoms with van der Waals surface area (Å²) >= 11 is 0. The molecule has 26 heavy (non-hydrogen) atoms. The van der Waals surface area contributed by atoms with Crippen LogP contribution in [0.5, 0.6) is 11.5 Å². The second kappa shape index (κ2) is 10.1. The highest BCUT2D eigenvalue weighted by atomic mass is 16.5. The van der Waals surface area contributed by atoms with Gasteiger partial charge in [-0.3, -0.25) is 9.59 Å². The fraction of sp³-hybridized carbons (Fsp3) is 0.300. The minimum Gasteiger partial charge on any atom is -0.485 e. The molecule has 2 aromatic rings. The molecule has 6 heteroatoms. The number of benzene rings is 2. The number of ether oxygens (including phenoxy) is 2. The molecule has 0 aliphatic carbocycles. The molecule has 0 aliphatic rings. The Hall–Kier alpha value is -3.02. The van der Waals surface area contributed by atoms with Crippen LogP contribution in [0.1, 0.15) is 25.3 Å². The molecule has 0 saturated carbocycles. The summed E-state index contributed by atoms with van der Waals surface area (Å²) in [6.07, 6.45) is 0.385. The van der Waals surface area contributed by atoms with Crippen molar-refractivity contribution in [2.75, 3.05) is 6.61 Å². The van der Waals surface area contributed by atoms with E-state index in [4.69, 9.17) is 14.6 Å². The van der Waals surface area contributed by atoms with Crippen LogP contribution in [0.15, 0.2) is 54.6 Å². The zero-order chi connectivity index (χ0) is 18.8. The average molecular weight is 357 g/mol. The largest absolute Gasteiger partial charge is 0.485 e. The van der Waals surface area contributed by atoms with Crippen LogP contribution in [0.3, 0.4) is 0 Å². The Morgan fingerprint density at radius 1 is 1.00 bits per heavy atom. The molecule has 1 atom stereocenters. The maximum atomic E-state index is 11.9. The Morgan fingerprint density at radius 2 is 1.62 bits per heavy atom. The van der Waals surface area contributed by atoms with E-state index in [2.05, 4.69) is 5.32 Å². The first kappa shape index (κ1) is 19.3. The van der Waals surface area contributed by atoms with Gasteiger partial charge in [-0.15, -0.1) is 0 Å². The molecule has 0 heterocycles. The van der Waals surface area contributed by atoms with Gasteiger partial charge in [-0.1, -0.05) is 42.5 Å². The molecule has 2 N–H and O–H groups in total. The molecule has 0 bridgehead atoms. The van der Waals surface area contributed by atoms with E-state index in [0.717, 1.165) is 5.56 Å². The molecule has 0 aromatic heterocycles. The maximum absolute atomic E-state index is 11.9. The van der Waals surface area contributed by atoms with E-state index in [9.17, 15) is 9.59 Å². The molecule has 6 nitrogen and oxygen atoms in total. The molecular weight excluding hydrogens is 334 g/mol. The second-order valence-electron chi connectivity index (χ2n) is 5.91. The van der Waals surface area contributed by atoms with Crippen LogP contribution < -0.4 is 14.8 Å². The predicted molar refractivity (Wildman–Crippen MR) is 97.2 cm³/mol. The lowest BCUT2D eigenvalue weighted by Crippen LogP contribution is -2.36. The summed E-state index contributed by atoms with van der Waals surface area (Å²) in [5, 5.41) is 11.4. The van der Waals surface area contributed by atoms with Gasteiger partial charge < -0.3 is 19.9 Å². The number of carbonyl (C=O) groups is 2. The molecule has 0 aliphatic heterocycles. The van der Waals surface area contributed by atoms with Gasteiger partial charge in [0.05, 0.1) is 0 Å². The molecule has 138 valence electrons. The Kier molecular flexibility index (Phi) is 7.49. The van der Waals surface area contributed by atoms with E-state index in [1.807, 2.05) is 36.4 Å². The average Bonchev–Trinajstić information content (AvgIpc) is 2.64. The van der Waals surface area contributed by atoms with Crippen molar-refractivity contribution in [3.8, 4) is 11.5 Å². The quantitative estimate of drug-likeness (QED) is 0.683. The number of amides is 1. The molecule has 1 amide bonds. The van der Waals surface area contributed by atoms with Gasteiger partial charge in [0, 0.05) is 12.5 Å². The fourth-order valence-corrected chi connectivity index (χ4v) is 2.30. The minimum absolute atomic E-state index is 0.0124. The number of nitrogens with one attached hydrogen (secondary N) is 1. The van der Waals surface area contributed by atoms with E-state index in [-0.39, 0.29) is 25.0 Å². The van der Waals surface area contributed by atoms with Crippen LogP contribution in [0.25, 0.3) is 0 Å². The van der Waals surface area contributed by atoms with Gasteiger partial charge in [-0.2, -0.15) is 0 Å². The van der Waals surface area contributed by atoms with E-state index in [1.54, 1.807) is 25.1 Å². The van der Waals surface area contributed by atoms with Gasteiger partial charge in [0.2, 0.25) is 0 Å². The number of rotatable bonds is 10. The Morgan fingerprint density at radius 3 is 2.27 bits per heavy atom. The Balaban J connectivity index is 1.83. The highest BCUT2D eigenvalue weighted by Crippen LogP contribution is 2.27. The number of para-hydroxylation sites is 2. The van der Waals surface area contributed by atoms with Crippen molar-refractivity contribution in [3.05, 3.63) is 60.2 Å². The molecule has 1 unspecified atom stereocenters. The van der Waals surface area contributed by atoms with Gasteiger partial charge in [0.1, 0.15) is 6.61 Å². The minimum atomic E-state index is -0.883. The number of hydrogen-bond acceptors (Lipinski definition) is 4. The smallest absolute Gasteiger partial charge is 0.303 e. The van der Waals surface area contributed by atoms with Crippen LogP contribution in [-0.4, -0.2) is 29.6 Å². The Bertz CT molecular complexity index is 717. The molecule has 0 fully saturated rings. The molecular formula is C20H23NO5. The summed E-state index contributed by atoms with van der Waals surface area (Å²) in [5.41, 5.74) is 1.03. The van der Waals surface area contributed by atoms with Crippen molar-refractivity contribution < 1.29 is 24.2 Å². The van der Waals surface area contributed by atoms with Crippen molar-refractivity contribution in [2.24, 2.45) is 0 Å². The van der Waals surface area contributed by atoms with E-state index >= 15 is 0 Å². The van der Waals surface area contributed by atoms with Crippen molar-refractivity contribution in [1.29, 1.82) is 0 Å². The van der Waals surface area contributed by atoms with Gasteiger partial charge in [-0.05, 0) is 31.0 Å². The standard InChI is InChI=1S/C20H23NO5/c1-15(11-12-20(23)24)21-19(22)14-26-18-10-6-5-9-17(18)25-13-16-7-3-2-4-8-16/h2-10,15H,11-14H2,1H3,(H,21,22)(H,23,24). The first-order valence-electron chi connectivity index (χ1n) is 8.44. The van der Waals surface area contributed by atoms with Gasteiger partial charge in [0.15, 0.2) is 18.1 Å². The second-order valence-corrected chi connectivity index (χ2v) is 5.91. The number of carboxylic acids is 1. The summed E-state index contributed by atoms with van der Waals surface area (Å²) in [4.78, 5) is 22.5. The molecule has 0 spiro atoms. The van der Waals surface area contributed by atoms with Gasteiger partial charge in [0.25, 0.3) is 5.91 Å². The number of carbonyl (C=O) groups excluding carboxylic acids is 1.